The minimum atomic E-state index is -1.07. The summed E-state index contributed by atoms with van der Waals surface area (Å²) in [5, 5.41) is 8.90. The van der Waals surface area contributed by atoms with Gasteiger partial charge >= 0.3 is 5.97 Å². The lowest BCUT2D eigenvalue weighted by Crippen LogP contribution is -2.01. The maximum atomic E-state index is 10.9. The molecule has 0 aromatic carbocycles. The van der Waals surface area contributed by atoms with Crippen LogP contribution < -0.4 is 0 Å². The van der Waals surface area contributed by atoms with Crippen molar-refractivity contribution in [3.05, 3.63) is 34.2 Å². The highest BCUT2D eigenvalue weighted by Crippen LogP contribution is 2.19. The number of aromatic carboxylic acids is 1. The van der Waals surface area contributed by atoms with Crippen LogP contribution >= 0.6 is 15.9 Å². The van der Waals surface area contributed by atoms with Crippen molar-refractivity contribution in [2.24, 2.45) is 0 Å². The van der Waals surface area contributed by atoms with E-state index in [0.29, 0.717) is 16.6 Å². The molecule has 2 aromatic rings. The Kier molecular flexibility index (Phi) is 2.28. The normalized spacial score (nSPS) is 10.5. The minimum absolute atomic E-state index is 0.0614. The van der Waals surface area contributed by atoms with Gasteiger partial charge in [-0.3, -0.25) is 9.20 Å². The third kappa shape index (κ3) is 1.42. The van der Waals surface area contributed by atoms with Crippen molar-refractivity contribution in [3.8, 4) is 0 Å². The van der Waals surface area contributed by atoms with E-state index >= 15 is 0 Å². The quantitative estimate of drug-likeness (QED) is 0.840. The van der Waals surface area contributed by atoms with Gasteiger partial charge in [0, 0.05) is 6.20 Å². The second kappa shape index (κ2) is 3.47. The van der Waals surface area contributed by atoms with Crippen LogP contribution in [0.25, 0.3) is 5.65 Å². The van der Waals surface area contributed by atoms with Crippen LogP contribution in [0.3, 0.4) is 0 Å². The van der Waals surface area contributed by atoms with E-state index in [2.05, 4.69) is 20.9 Å². The van der Waals surface area contributed by atoms with Gasteiger partial charge in [0.2, 0.25) is 0 Å². The van der Waals surface area contributed by atoms with Crippen molar-refractivity contribution in [3.63, 3.8) is 0 Å². The van der Waals surface area contributed by atoms with Gasteiger partial charge in [0.05, 0.1) is 0 Å². The number of aromatic nitrogens is 2. The van der Waals surface area contributed by atoms with Gasteiger partial charge in [0.25, 0.3) is 0 Å². The van der Waals surface area contributed by atoms with Gasteiger partial charge in [-0.15, -0.1) is 0 Å². The maximum Gasteiger partial charge on any atom is 0.339 e. The van der Waals surface area contributed by atoms with Crippen molar-refractivity contribution >= 4 is 33.8 Å². The lowest BCUT2D eigenvalue weighted by atomic mass is 10.3. The molecule has 2 heterocycles. The molecule has 5 nitrogen and oxygen atoms in total. The van der Waals surface area contributed by atoms with Crippen molar-refractivity contribution < 1.29 is 14.7 Å². The molecule has 1 N–H and O–H groups in total. The molecule has 0 radical (unpaired) electrons. The Morgan fingerprint density at radius 3 is 2.93 bits per heavy atom. The van der Waals surface area contributed by atoms with Crippen molar-refractivity contribution in [2.75, 3.05) is 0 Å². The summed E-state index contributed by atoms with van der Waals surface area (Å²) < 4.78 is 1.77. The molecule has 0 saturated carbocycles. The van der Waals surface area contributed by atoms with Gasteiger partial charge in [0.15, 0.2) is 11.9 Å². The van der Waals surface area contributed by atoms with E-state index < -0.39 is 5.97 Å². The molecule has 0 aliphatic heterocycles. The van der Waals surface area contributed by atoms with E-state index in [1.165, 1.54) is 10.5 Å². The van der Waals surface area contributed by atoms with E-state index in [0.717, 1.165) is 0 Å². The van der Waals surface area contributed by atoms with Crippen LogP contribution in [-0.2, 0) is 0 Å². The first kappa shape index (κ1) is 9.85. The Hall–Kier alpha value is -1.69. The lowest BCUT2D eigenvalue weighted by molar-refractivity contribution is 0.0698. The average molecular weight is 269 g/mol. The Labute approximate surface area is 92.5 Å². The number of hydrogen-bond acceptors (Lipinski definition) is 3. The summed E-state index contributed by atoms with van der Waals surface area (Å²) in [4.78, 5) is 25.6. The summed E-state index contributed by atoms with van der Waals surface area (Å²) in [6.45, 7) is 0. The number of rotatable bonds is 2. The van der Waals surface area contributed by atoms with Crippen LogP contribution in [0.4, 0.5) is 0 Å². The molecule has 0 unspecified atom stereocenters. The fourth-order valence-corrected chi connectivity index (χ4v) is 1.78. The standard InChI is InChI=1S/C9H5BrN2O3/c10-7-6(4-13)12-3-1-2-5(9(14)15)8(12)11-7/h1-4H,(H,14,15). The zero-order valence-corrected chi connectivity index (χ0v) is 8.93. The fraction of sp³-hybridized carbons (Fsp3) is 0. The molecule has 0 spiro atoms. The molecule has 0 fully saturated rings. The second-order valence-corrected chi connectivity index (χ2v) is 3.58. The molecular formula is C9H5BrN2O3. The first-order valence-electron chi connectivity index (χ1n) is 4.00. The molecule has 0 bridgehead atoms. The molecule has 0 amide bonds. The van der Waals surface area contributed by atoms with Gasteiger partial charge < -0.3 is 5.11 Å². The monoisotopic (exact) mass is 268 g/mol. The van der Waals surface area contributed by atoms with Crippen molar-refractivity contribution in [2.45, 2.75) is 0 Å². The largest absolute Gasteiger partial charge is 0.478 e. The Bertz CT molecular complexity index is 562. The molecule has 0 aliphatic carbocycles. The summed E-state index contributed by atoms with van der Waals surface area (Å²) in [6, 6.07) is 2.99. The number of carboxylic acid groups (broad SMARTS) is 1. The average Bonchev–Trinajstić information content (AvgIpc) is 2.52. The molecule has 0 saturated heterocycles. The van der Waals surface area contributed by atoms with Crippen LogP contribution in [0, 0.1) is 0 Å². The number of carbonyl (C=O) groups excluding carboxylic acids is 1. The summed E-state index contributed by atoms with van der Waals surface area (Å²) in [7, 11) is 0. The van der Waals surface area contributed by atoms with Gasteiger partial charge in [-0.05, 0) is 28.1 Å². The van der Waals surface area contributed by atoms with Crippen LogP contribution in [0.2, 0.25) is 0 Å². The lowest BCUT2D eigenvalue weighted by Gasteiger charge is -1.97. The Morgan fingerprint density at radius 2 is 2.33 bits per heavy atom. The predicted molar refractivity (Wildman–Crippen MR) is 55.2 cm³/mol. The van der Waals surface area contributed by atoms with Crippen LogP contribution in [0.5, 0.6) is 0 Å². The first-order valence-corrected chi connectivity index (χ1v) is 4.79. The van der Waals surface area contributed by atoms with E-state index in [4.69, 9.17) is 5.11 Å². The molecule has 6 heteroatoms. The Morgan fingerprint density at radius 1 is 1.60 bits per heavy atom. The van der Waals surface area contributed by atoms with E-state index in [1.54, 1.807) is 12.3 Å². The molecule has 2 aromatic heterocycles. The first-order chi connectivity index (χ1) is 7.15. The molecule has 76 valence electrons. The number of aldehydes is 1. The third-order valence-electron chi connectivity index (χ3n) is 1.98. The SMILES string of the molecule is O=Cc1c(Br)nc2c(C(=O)O)cccn12. The highest BCUT2D eigenvalue weighted by atomic mass is 79.9. The van der Waals surface area contributed by atoms with Crippen LogP contribution in [-0.4, -0.2) is 26.7 Å². The fourth-order valence-electron chi connectivity index (χ4n) is 1.33. The van der Waals surface area contributed by atoms with Gasteiger partial charge in [-0.1, -0.05) is 0 Å². The number of carboxylic acids is 1. The molecule has 0 atom stereocenters. The third-order valence-corrected chi connectivity index (χ3v) is 2.57. The van der Waals surface area contributed by atoms with Crippen LogP contribution in [0.1, 0.15) is 20.8 Å². The highest BCUT2D eigenvalue weighted by molar-refractivity contribution is 9.10. The van der Waals surface area contributed by atoms with Gasteiger partial charge in [0.1, 0.15) is 15.9 Å². The Balaban J connectivity index is 2.89. The smallest absolute Gasteiger partial charge is 0.339 e. The van der Waals surface area contributed by atoms with E-state index in [9.17, 15) is 9.59 Å². The van der Waals surface area contributed by atoms with E-state index in [1.807, 2.05) is 0 Å². The molecule has 15 heavy (non-hydrogen) atoms. The summed E-state index contributed by atoms with van der Waals surface area (Å²) in [6.07, 6.45) is 2.21. The van der Waals surface area contributed by atoms with Crippen molar-refractivity contribution in [1.29, 1.82) is 0 Å². The number of imidazole rings is 1. The summed E-state index contributed by atoms with van der Waals surface area (Å²) in [5.41, 5.74) is 0.610. The number of fused-ring (bicyclic) bond motifs is 1. The second-order valence-electron chi connectivity index (χ2n) is 2.83. The predicted octanol–water partition coefficient (Wildman–Crippen LogP) is 1.61. The zero-order valence-electron chi connectivity index (χ0n) is 7.35. The van der Waals surface area contributed by atoms with Crippen molar-refractivity contribution in [1.82, 2.24) is 9.38 Å². The number of nitrogens with zero attached hydrogens (tertiary/aromatic N) is 2. The number of halogens is 1. The number of hydrogen-bond donors (Lipinski definition) is 1. The van der Waals surface area contributed by atoms with Gasteiger partial charge in [-0.2, -0.15) is 0 Å². The van der Waals surface area contributed by atoms with Crippen LogP contribution in [0.15, 0.2) is 22.9 Å². The maximum absolute atomic E-state index is 10.9. The minimum Gasteiger partial charge on any atom is -0.478 e. The highest BCUT2D eigenvalue weighted by Gasteiger charge is 2.15. The number of carbonyl (C=O) groups is 2. The summed E-state index contributed by atoms with van der Waals surface area (Å²) >= 11 is 3.10. The van der Waals surface area contributed by atoms with E-state index in [-0.39, 0.29) is 11.2 Å². The number of pyridine rings is 1. The molecule has 0 aliphatic rings. The molecule has 2 rings (SSSR count). The summed E-state index contributed by atoms with van der Waals surface area (Å²) in [5.74, 6) is -1.07. The van der Waals surface area contributed by atoms with Gasteiger partial charge in [-0.25, -0.2) is 9.78 Å². The topological polar surface area (TPSA) is 71.7 Å². The molecular weight excluding hydrogens is 264 g/mol. The zero-order chi connectivity index (χ0) is 11.0.